The predicted molar refractivity (Wildman–Crippen MR) is 72.5 cm³/mol. The first-order valence-electron chi connectivity index (χ1n) is 5.86. The van der Waals surface area contributed by atoms with E-state index in [0.717, 1.165) is 0 Å². The van der Waals surface area contributed by atoms with Crippen molar-refractivity contribution in [2.45, 2.75) is 13.8 Å². The first-order chi connectivity index (χ1) is 9.11. The summed E-state index contributed by atoms with van der Waals surface area (Å²) in [7, 11) is 1.56. The molecular weight excluding hydrogens is 242 g/mol. The molecule has 98 valence electrons. The standard InChI is InChI=1S/C14H15N3O2/c1-9-11(8-15-10(2)16-9)14(18)17-12-6-4-5-7-13(12)19-3/h4-8H,1-3H3,(H,17,18). The zero-order chi connectivity index (χ0) is 13.8. The topological polar surface area (TPSA) is 64.1 Å². The Hall–Kier alpha value is -2.43. The zero-order valence-electron chi connectivity index (χ0n) is 11.1. The van der Waals surface area contributed by atoms with Crippen LogP contribution in [0.25, 0.3) is 0 Å². The second kappa shape index (κ2) is 5.48. The Balaban J connectivity index is 2.26. The number of hydrogen-bond acceptors (Lipinski definition) is 4. The van der Waals surface area contributed by atoms with Crippen molar-refractivity contribution in [3.63, 3.8) is 0 Å². The Morgan fingerprint density at radius 3 is 2.68 bits per heavy atom. The van der Waals surface area contributed by atoms with E-state index < -0.39 is 0 Å². The van der Waals surface area contributed by atoms with Crippen LogP contribution in [0, 0.1) is 13.8 Å². The maximum absolute atomic E-state index is 12.2. The molecule has 1 amide bonds. The summed E-state index contributed by atoms with van der Waals surface area (Å²) in [4.78, 5) is 20.4. The summed E-state index contributed by atoms with van der Waals surface area (Å²) in [5.41, 5.74) is 1.73. The molecule has 0 atom stereocenters. The number of rotatable bonds is 3. The molecule has 0 radical (unpaired) electrons. The molecule has 1 aromatic heterocycles. The predicted octanol–water partition coefficient (Wildman–Crippen LogP) is 2.35. The molecule has 5 nitrogen and oxygen atoms in total. The number of aromatic nitrogens is 2. The molecule has 1 heterocycles. The van der Waals surface area contributed by atoms with E-state index in [1.54, 1.807) is 33.1 Å². The molecule has 5 heteroatoms. The number of carbonyl (C=O) groups is 1. The van der Waals surface area contributed by atoms with E-state index in [4.69, 9.17) is 4.74 Å². The smallest absolute Gasteiger partial charge is 0.259 e. The van der Waals surface area contributed by atoms with Gasteiger partial charge in [-0.3, -0.25) is 4.79 Å². The molecule has 0 bridgehead atoms. The van der Waals surface area contributed by atoms with Crippen molar-refractivity contribution in [3.05, 3.63) is 47.5 Å². The minimum absolute atomic E-state index is 0.248. The molecule has 0 saturated carbocycles. The molecule has 19 heavy (non-hydrogen) atoms. The Kier molecular flexibility index (Phi) is 3.75. The SMILES string of the molecule is COc1ccccc1NC(=O)c1cnc(C)nc1C. The van der Waals surface area contributed by atoms with Gasteiger partial charge in [-0.15, -0.1) is 0 Å². The van der Waals surface area contributed by atoms with Crippen molar-refractivity contribution < 1.29 is 9.53 Å². The number of nitrogens with one attached hydrogen (secondary N) is 1. The quantitative estimate of drug-likeness (QED) is 0.916. The molecule has 1 aromatic carbocycles. The number of hydrogen-bond donors (Lipinski definition) is 1. The second-order valence-corrected chi connectivity index (χ2v) is 4.07. The Bertz CT molecular complexity index is 611. The van der Waals surface area contributed by atoms with Gasteiger partial charge in [-0.2, -0.15) is 0 Å². The van der Waals surface area contributed by atoms with Gasteiger partial charge in [0.15, 0.2) is 0 Å². The number of carbonyl (C=O) groups excluding carboxylic acids is 1. The van der Waals surface area contributed by atoms with E-state index in [-0.39, 0.29) is 5.91 Å². The largest absolute Gasteiger partial charge is 0.495 e. The molecule has 0 aliphatic carbocycles. The maximum Gasteiger partial charge on any atom is 0.259 e. The number of methoxy groups -OCH3 is 1. The average Bonchev–Trinajstić information content (AvgIpc) is 2.39. The minimum atomic E-state index is -0.248. The van der Waals surface area contributed by atoms with Gasteiger partial charge in [-0.1, -0.05) is 12.1 Å². The lowest BCUT2D eigenvalue weighted by Gasteiger charge is -2.10. The van der Waals surface area contributed by atoms with Crippen molar-refractivity contribution >= 4 is 11.6 Å². The van der Waals surface area contributed by atoms with E-state index in [9.17, 15) is 4.79 Å². The normalized spacial score (nSPS) is 10.1. The molecule has 0 unspecified atom stereocenters. The molecule has 0 spiro atoms. The fourth-order valence-electron chi connectivity index (χ4n) is 1.74. The van der Waals surface area contributed by atoms with Crippen LogP contribution in [0.1, 0.15) is 21.9 Å². The summed E-state index contributed by atoms with van der Waals surface area (Å²) in [6.45, 7) is 3.57. The number of ether oxygens (including phenoxy) is 1. The third-order valence-electron chi connectivity index (χ3n) is 2.70. The molecule has 2 rings (SSSR count). The first kappa shape index (κ1) is 13.0. The molecular formula is C14H15N3O2. The summed E-state index contributed by atoms with van der Waals surface area (Å²) in [5.74, 6) is 1.01. The van der Waals surface area contributed by atoms with Gasteiger partial charge in [0.1, 0.15) is 11.6 Å². The Morgan fingerprint density at radius 2 is 2.00 bits per heavy atom. The van der Waals surface area contributed by atoms with Crippen molar-refractivity contribution in [2.75, 3.05) is 12.4 Å². The summed E-state index contributed by atoms with van der Waals surface area (Å²) in [5, 5.41) is 2.79. The van der Waals surface area contributed by atoms with Gasteiger partial charge in [-0.05, 0) is 26.0 Å². The lowest BCUT2D eigenvalue weighted by Crippen LogP contribution is -2.15. The van der Waals surface area contributed by atoms with Crippen LogP contribution in [0.2, 0.25) is 0 Å². The third-order valence-corrected chi connectivity index (χ3v) is 2.70. The Morgan fingerprint density at radius 1 is 1.26 bits per heavy atom. The highest BCUT2D eigenvalue weighted by atomic mass is 16.5. The monoisotopic (exact) mass is 257 g/mol. The lowest BCUT2D eigenvalue weighted by atomic mass is 10.2. The molecule has 0 aliphatic heterocycles. The molecule has 2 aromatic rings. The molecule has 0 saturated heterocycles. The average molecular weight is 257 g/mol. The highest BCUT2D eigenvalue weighted by Gasteiger charge is 2.13. The maximum atomic E-state index is 12.2. The third kappa shape index (κ3) is 2.88. The van der Waals surface area contributed by atoms with Crippen LogP contribution in [0.3, 0.4) is 0 Å². The van der Waals surface area contributed by atoms with E-state index in [2.05, 4.69) is 15.3 Å². The fourth-order valence-corrected chi connectivity index (χ4v) is 1.74. The van der Waals surface area contributed by atoms with Crippen LogP contribution in [0.15, 0.2) is 30.5 Å². The van der Waals surface area contributed by atoms with Gasteiger partial charge in [0.25, 0.3) is 5.91 Å². The van der Waals surface area contributed by atoms with Gasteiger partial charge >= 0.3 is 0 Å². The summed E-state index contributed by atoms with van der Waals surface area (Å²) in [6.07, 6.45) is 1.53. The number of para-hydroxylation sites is 2. The number of anilines is 1. The zero-order valence-corrected chi connectivity index (χ0v) is 11.1. The number of aryl methyl sites for hydroxylation is 2. The molecule has 0 aliphatic rings. The fraction of sp³-hybridized carbons (Fsp3) is 0.214. The highest BCUT2D eigenvalue weighted by molar-refractivity contribution is 6.05. The van der Waals surface area contributed by atoms with E-state index >= 15 is 0 Å². The highest BCUT2D eigenvalue weighted by Crippen LogP contribution is 2.23. The van der Waals surface area contributed by atoms with Crippen LogP contribution in [0.4, 0.5) is 5.69 Å². The lowest BCUT2D eigenvalue weighted by molar-refractivity contribution is 0.102. The van der Waals surface area contributed by atoms with E-state index in [1.807, 2.05) is 12.1 Å². The summed E-state index contributed by atoms with van der Waals surface area (Å²) >= 11 is 0. The van der Waals surface area contributed by atoms with Crippen LogP contribution >= 0.6 is 0 Å². The molecule has 1 N–H and O–H groups in total. The summed E-state index contributed by atoms with van der Waals surface area (Å²) in [6, 6.07) is 7.24. The minimum Gasteiger partial charge on any atom is -0.495 e. The van der Waals surface area contributed by atoms with Gasteiger partial charge in [-0.25, -0.2) is 9.97 Å². The number of nitrogens with zero attached hydrogens (tertiary/aromatic N) is 2. The van der Waals surface area contributed by atoms with E-state index in [0.29, 0.717) is 28.5 Å². The van der Waals surface area contributed by atoms with Crippen LogP contribution in [-0.2, 0) is 0 Å². The second-order valence-electron chi connectivity index (χ2n) is 4.07. The van der Waals surface area contributed by atoms with Gasteiger partial charge in [0, 0.05) is 6.20 Å². The van der Waals surface area contributed by atoms with Crippen LogP contribution in [-0.4, -0.2) is 23.0 Å². The van der Waals surface area contributed by atoms with Crippen molar-refractivity contribution in [1.29, 1.82) is 0 Å². The van der Waals surface area contributed by atoms with Crippen LogP contribution in [0.5, 0.6) is 5.75 Å². The number of amides is 1. The van der Waals surface area contributed by atoms with Gasteiger partial charge in [0.2, 0.25) is 0 Å². The van der Waals surface area contributed by atoms with Crippen molar-refractivity contribution in [3.8, 4) is 5.75 Å². The summed E-state index contributed by atoms with van der Waals surface area (Å²) < 4.78 is 5.19. The van der Waals surface area contributed by atoms with Crippen LogP contribution < -0.4 is 10.1 Å². The number of benzene rings is 1. The Labute approximate surface area is 111 Å². The van der Waals surface area contributed by atoms with Gasteiger partial charge in [0.05, 0.1) is 24.1 Å². The first-order valence-corrected chi connectivity index (χ1v) is 5.86. The molecule has 0 fully saturated rings. The van der Waals surface area contributed by atoms with Crippen molar-refractivity contribution in [2.24, 2.45) is 0 Å². The van der Waals surface area contributed by atoms with Crippen molar-refractivity contribution in [1.82, 2.24) is 9.97 Å². The van der Waals surface area contributed by atoms with Gasteiger partial charge < -0.3 is 10.1 Å². The van der Waals surface area contributed by atoms with E-state index in [1.165, 1.54) is 6.20 Å².